The summed E-state index contributed by atoms with van der Waals surface area (Å²) in [5.74, 6) is 0.828. The Hall–Kier alpha value is -1.77. The fourth-order valence-electron chi connectivity index (χ4n) is 1.87. The summed E-state index contributed by atoms with van der Waals surface area (Å²) in [6.07, 6.45) is 7.48. The van der Waals surface area contributed by atoms with E-state index >= 15 is 0 Å². The molecule has 0 radical (unpaired) electrons. The third-order valence-corrected chi connectivity index (χ3v) is 3.53. The Morgan fingerprint density at radius 2 is 1.82 bits per heavy atom. The summed E-state index contributed by atoms with van der Waals surface area (Å²) in [4.78, 5) is 6.27. The molecule has 4 heteroatoms. The number of benzene rings is 1. The summed E-state index contributed by atoms with van der Waals surface area (Å²) in [7, 11) is 1.75. The highest BCUT2D eigenvalue weighted by Crippen LogP contribution is 2.26. The van der Waals surface area contributed by atoms with Gasteiger partial charge in [-0.15, -0.1) is 0 Å². The first-order valence-corrected chi connectivity index (χ1v) is 7.62. The van der Waals surface area contributed by atoms with Crippen LogP contribution in [0.5, 0.6) is 0 Å². The molecule has 0 fully saturated rings. The van der Waals surface area contributed by atoms with Gasteiger partial charge in [0.1, 0.15) is 5.84 Å². The van der Waals surface area contributed by atoms with Gasteiger partial charge in [0.2, 0.25) is 0 Å². The van der Waals surface area contributed by atoms with Crippen LogP contribution in [0.4, 0.5) is 5.69 Å². The number of aliphatic imine (C=N–C) groups is 1. The number of amidine groups is 1. The molecule has 0 aliphatic carbocycles. The molecule has 0 saturated heterocycles. The zero-order chi connectivity index (χ0) is 16.5. The molecule has 116 valence electrons. The van der Waals surface area contributed by atoms with Crippen LogP contribution in [-0.4, -0.2) is 12.9 Å². The van der Waals surface area contributed by atoms with Gasteiger partial charge in [-0.05, 0) is 43.7 Å². The van der Waals surface area contributed by atoms with Gasteiger partial charge in [0.25, 0.3) is 0 Å². The van der Waals surface area contributed by atoms with Crippen LogP contribution < -0.4 is 4.90 Å². The van der Waals surface area contributed by atoms with Crippen molar-refractivity contribution in [2.24, 2.45) is 4.99 Å². The number of hydrogen-bond acceptors (Lipinski definition) is 1. The molecule has 1 rings (SSSR count). The Bertz CT molecular complexity index is 623. The second kappa shape index (κ2) is 9.29. The fraction of sp³-hybridized carbons (Fsp3) is 0.167. The number of hydrogen-bond donors (Lipinski definition) is 0. The van der Waals surface area contributed by atoms with Gasteiger partial charge >= 0.3 is 0 Å². The lowest BCUT2D eigenvalue weighted by Gasteiger charge is -2.27. The number of anilines is 1. The van der Waals surface area contributed by atoms with Gasteiger partial charge in [0, 0.05) is 23.3 Å². The lowest BCUT2D eigenvalue weighted by molar-refractivity contribution is 1.17. The number of halogens is 2. The molecule has 1 aromatic rings. The van der Waals surface area contributed by atoms with E-state index in [1.165, 1.54) is 0 Å². The lowest BCUT2D eigenvalue weighted by atomic mass is 10.1. The van der Waals surface area contributed by atoms with Crippen molar-refractivity contribution in [1.82, 2.24) is 0 Å². The van der Waals surface area contributed by atoms with Crippen molar-refractivity contribution in [3.8, 4) is 0 Å². The molecule has 0 spiro atoms. The zero-order valence-electron chi connectivity index (χ0n) is 13.1. The van der Waals surface area contributed by atoms with Crippen LogP contribution in [0.2, 0.25) is 5.02 Å². The topological polar surface area (TPSA) is 15.6 Å². The molecule has 0 heterocycles. The largest absolute Gasteiger partial charge is 0.298 e. The van der Waals surface area contributed by atoms with Gasteiger partial charge in [-0.25, -0.2) is 0 Å². The van der Waals surface area contributed by atoms with Gasteiger partial charge in [-0.2, -0.15) is 0 Å². The van der Waals surface area contributed by atoms with Crippen LogP contribution in [0.15, 0.2) is 76.9 Å². The average molecular weight is 335 g/mol. The van der Waals surface area contributed by atoms with Crippen molar-refractivity contribution >= 4 is 34.7 Å². The highest BCUT2D eigenvalue weighted by Gasteiger charge is 2.16. The van der Waals surface area contributed by atoms with Gasteiger partial charge in [0.05, 0.1) is 5.70 Å². The van der Waals surface area contributed by atoms with E-state index in [1.54, 1.807) is 18.7 Å². The van der Waals surface area contributed by atoms with Crippen LogP contribution >= 0.6 is 23.2 Å². The summed E-state index contributed by atoms with van der Waals surface area (Å²) in [6, 6.07) is 7.55. The molecule has 2 nitrogen and oxygen atoms in total. The van der Waals surface area contributed by atoms with Crippen LogP contribution in [0, 0.1) is 0 Å². The maximum absolute atomic E-state index is 6.08. The first-order chi connectivity index (χ1) is 10.5. The van der Waals surface area contributed by atoms with E-state index in [1.807, 2.05) is 61.2 Å². The molecule has 22 heavy (non-hydrogen) atoms. The second-order valence-electron chi connectivity index (χ2n) is 4.55. The minimum Gasteiger partial charge on any atom is -0.298 e. The molecule has 0 saturated carbocycles. The number of rotatable bonds is 5. The second-order valence-corrected chi connectivity index (χ2v) is 5.20. The van der Waals surface area contributed by atoms with Crippen molar-refractivity contribution in [2.45, 2.75) is 13.8 Å². The number of allylic oxidation sites excluding steroid dienone is 5. The van der Waals surface area contributed by atoms with Crippen molar-refractivity contribution < 1.29 is 0 Å². The maximum Gasteiger partial charge on any atom is 0.104 e. The van der Waals surface area contributed by atoms with Crippen LogP contribution in [0.25, 0.3) is 0 Å². The van der Waals surface area contributed by atoms with E-state index in [4.69, 9.17) is 23.2 Å². The van der Waals surface area contributed by atoms with Gasteiger partial charge < -0.3 is 0 Å². The van der Waals surface area contributed by atoms with Gasteiger partial charge in [0.15, 0.2) is 0 Å². The van der Waals surface area contributed by atoms with E-state index in [-0.39, 0.29) is 0 Å². The molecule has 1 aromatic carbocycles. The first kappa shape index (κ1) is 18.3. The Morgan fingerprint density at radius 3 is 2.32 bits per heavy atom. The molecule has 0 aliphatic heterocycles. The van der Waals surface area contributed by atoms with E-state index < -0.39 is 0 Å². The lowest BCUT2D eigenvalue weighted by Crippen LogP contribution is -2.28. The highest BCUT2D eigenvalue weighted by atomic mass is 35.5. The molecule has 0 aromatic heterocycles. The van der Waals surface area contributed by atoms with Crippen molar-refractivity contribution in [2.75, 3.05) is 11.9 Å². The Kier molecular flexibility index (Phi) is 7.72. The quantitative estimate of drug-likeness (QED) is 0.368. The predicted molar refractivity (Wildman–Crippen MR) is 100.0 cm³/mol. The van der Waals surface area contributed by atoms with E-state index in [9.17, 15) is 0 Å². The SMILES string of the molecule is C=C\C=C/C=C(C)/C(=C\Cl)N(/C(C)=N\C)c1ccc(Cl)cc1. The van der Waals surface area contributed by atoms with Crippen molar-refractivity contribution in [3.63, 3.8) is 0 Å². The average Bonchev–Trinajstić information content (AvgIpc) is 2.53. The van der Waals surface area contributed by atoms with Gasteiger partial charge in [-0.3, -0.25) is 9.89 Å². The standard InChI is InChI=1S/C18H20Cl2N2/c1-5-6-7-8-14(2)18(13-19)22(15(3)21-4)17-11-9-16(20)10-12-17/h5-13H,1H2,2-4H3/b7-6-,14-8+,18-13+,21-15-. The van der Waals surface area contributed by atoms with Crippen LogP contribution in [0.1, 0.15) is 13.8 Å². The third-order valence-electron chi connectivity index (χ3n) is 3.07. The summed E-state index contributed by atoms with van der Waals surface area (Å²) >= 11 is 12.1. The monoisotopic (exact) mass is 334 g/mol. The smallest absolute Gasteiger partial charge is 0.104 e. The Labute approximate surface area is 142 Å². The van der Waals surface area contributed by atoms with E-state index in [0.717, 1.165) is 22.8 Å². The molecule has 0 amide bonds. The number of nitrogens with zero attached hydrogens (tertiary/aromatic N) is 2. The Balaban J connectivity index is 3.31. The third kappa shape index (κ3) is 4.90. The van der Waals surface area contributed by atoms with E-state index in [0.29, 0.717) is 5.02 Å². The minimum atomic E-state index is 0.687. The molecule has 0 atom stereocenters. The van der Waals surface area contributed by atoms with E-state index in [2.05, 4.69) is 11.6 Å². The zero-order valence-corrected chi connectivity index (χ0v) is 14.6. The molecular formula is C18H20Cl2N2. The molecular weight excluding hydrogens is 315 g/mol. The summed E-state index contributed by atoms with van der Waals surface area (Å²) in [6.45, 7) is 7.58. The first-order valence-electron chi connectivity index (χ1n) is 6.81. The molecule has 0 aliphatic rings. The summed E-state index contributed by atoms with van der Waals surface area (Å²) in [5.41, 5.74) is 4.35. The summed E-state index contributed by atoms with van der Waals surface area (Å²) < 4.78 is 0. The van der Waals surface area contributed by atoms with Crippen molar-refractivity contribution in [3.05, 3.63) is 77.0 Å². The van der Waals surface area contributed by atoms with Crippen molar-refractivity contribution in [1.29, 1.82) is 0 Å². The van der Waals surface area contributed by atoms with Crippen LogP contribution in [0.3, 0.4) is 0 Å². The molecule has 0 bridgehead atoms. The molecule has 0 N–H and O–H groups in total. The fourth-order valence-corrected chi connectivity index (χ4v) is 2.26. The normalized spacial score (nSPS) is 13.6. The maximum atomic E-state index is 6.08. The predicted octanol–water partition coefficient (Wildman–Crippen LogP) is 5.96. The minimum absolute atomic E-state index is 0.687. The Morgan fingerprint density at radius 1 is 1.18 bits per heavy atom. The molecule has 0 unspecified atom stereocenters. The van der Waals surface area contributed by atoms with Gasteiger partial charge in [-0.1, -0.05) is 54.1 Å². The highest BCUT2D eigenvalue weighted by molar-refractivity contribution is 6.30. The summed E-state index contributed by atoms with van der Waals surface area (Å²) in [5, 5.41) is 0.687. The van der Waals surface area contributed by atoms with Crippen LogP contribution in [-0.2, 0) is 0 Å².